The number of thioether (sulfide) groups is 1. The van der Waals surface area contributed by atoms with Crippen LogP contribution in [0.5, 0.6) is 5.75 Å². The van der Waals surface area contributed by atoms with Crippen molar-refractivity contribution >= 4 is 29.3 Å². The molecule has 3 rings (SSSR count). The summed E-state index contributed by atoms with van der Waals surface area (Å²) in [5.41, 5.74) is 1.27. The van der Waals surface area contributed by atoms with E-state index in [1.807, 2.05) is 30.1 Å². The minimum Gasteiger partial charge on any atom is -0.497 e. The van der Waals surface area contributed by atoms with Crippen LogP contribution in [0.3, 0.4) is 0 Å². The lowest BCUT2D eigenvalue weighted by molar-refractivity contribution is -0.129. The number of nitrogens with zero attached hydrogens (tertiary/aromatic N) is 1. The summed E-state index contributed by atoms with van der Waals surface area (Å²) in [5, 5.41) is 2.91. The highest BCUT2D eigenvalue weighted by atomic mass is 32.2. The number of benzene rings is 2. The highest BCUT2D eigenvalue weighted by Gasteiger charge is 2.22. The summed E-state index contributed by atoms with van der Waals surface area (Å²) in [7, 11) is 3.51. The zero-order valence-corrected chi connectivity index (χ0v) is 17.8. The maximum atomic E-state index is 12.8. The van der Waals surface area contributed by atoms with E-state index in [0.29, 0.717) is 23.0 Å². The lowest BCUT2D eigenvalue weighted by Gasteiger charge is -2.31. The van der Waals surface area contributed by atoms with Crippen LogP contribution in [-0.2, 0) is 4.79 Å². The molecule has 2 aromatic rings. The van der Waals surface area contributed by atoms with E-state index in [1.54, 1.807) is 37.4 Å². The number of amides is 2. The molecule has 154 valence electrons. The second-order valence-electron chi connectivity index (χ2n) is 7.26. The van der Waals surface area contributed by atoms with Gasteiger partial charge >= 0.3 is 0 Å². The van der Waals surface area contributed by atoms with Crippen molar-refractivity contribution < 1.29 is 14.3 Å². The second kappa shape index (κ2) is 10.3. The largest absolute Gasteiger partial charge is 0.497 e. The van der Waals surface area contributed by atoms with E-state index in [0.717, 1.165) is 23.5 Å². The molecule has 1 fully saturated rings. The van der Waals surface area contributed by atoms with Gasteiger partial charge in [-0.3, -0.25) is 9.59 Å². The van der Waals surface area contributed by atoms with Crippen LogP contribution in [0.4, 0.5) is 5.69 Å². The van der Waals surface area contributed by atoms with Crippen LogP contribution in [0.25, 0.3) is 0 Å². The highest BCUT2D eigenvalue weighted by molar-refractivity contribution is 8.00. The van der Waals surface area contributed by atoms with Gasteiger partial charge in [0.2, 0.25) is 5.91 Å². The van der Waals surface area contributed by atoms with Gasteiger partial charge in [-0.15, -0.1) is 11.8 Å². The fourth-order valence-corrected chi connectivity index (χ4v) is 4.54. The second-order valence-corrected chi connectivity index (χ2v) is 8.28. The molecule has 6 heteroatoms. The predicted molar refractivity (Wildman–Crippen MR) is 118 cm³/mol. The molecule has 1 aliphatic carbocycles. The molecule has 1 saturated carbocycles. The zero-order chi connectivity index (χ0) is 20.6. The van der Waals surface area contributed by atoms with E-state index >= 15 is 0 Å². The number of ether oxygens (including phenoxy) is 1. The highest BCUT2D eigenvalue weighted by Crippen LogP contribution is 2.26. The van der Waals surface area contributed by atoms with Crippen LogP contribution < -0.4 is 10.1 Å². The number of carbonyl (C=O) groups is 2. The van der Waals surface area contributed by atoms with E-state index in [9.17, 15) is 9.59 Å². The molecular weight excluding hydrogens is 384 g/mol. The maximum absolute atomic E-state index is 12.8. The number of hydrogen-bond acceptors (Lipinski definition) is 4. The summed E-state index contributed by atoms with van der Waals surface area (Å²) in [5.74, 6) is 0.998. The number of hydrogen-bond donors (Lipinski definition) is 1. The Morgan fingerprint density at radius 3 is 2.45 bits per heavy atom. The first-order valence-corrected chi connectivity index (χ1v) is 11.0. The zero-order valence-electron chi connectivity index (χ0n) is 17.0. The van der Waals surface area contributed by atoms with E-state index < -0.39 is 0 Å². The molecule has 0 spiro atoms. The van der Waals surface area contributed by atoms with Gasteiger partial charge in [-0.25, -0.2) is 0 Å². The summed E-state index contributed by atoms with van der Waals surface area (Å²) in [6.45, 7) is 0. The van der Waals surface area contributed by atoms with Crippen molar-refractivity contribution in [2.24, 2.45) is 0 Å². The van der Waals surface area contributed by atoms with Crippen LogP contribution in [0.2, 0.25) is 0 Å². The Labute approximate surface area is 176 Å². The number of rotatable bonds is 7. The van der Waals surface area contributed by atoms with Gasteiger partial charge in [0.25, 0.3) is 5.91 Å². The first-order valence-electron chi connectivity index (χ1n) is 10.0. The lowest BCUT2D eigenvalue weighted by atomic mass is 9.94. The third-order valence-electron chi connectivity index (χ3n) is 5.35. The molecule has 2 aromatic carbocycles. The molecule has 0 heterocycles. The molecule has 0 unspecified atom stereocenters. The van der Waals surface area contributed by atoms with Crippen molar-refractivity contribution in [3.63, 3.8) is 0 Å². The van der Waals surface area contributed by atoms with Gasteiger partial charge in [-0.1, -0.05) is 31.4 Å². The fourth-order valence-electron chi connectivity index (χ4n) is 3.57. The summed E-state index contributed by atoms with van der Waals surface area (Å²) < 4.78 is 5.14. The predicted octanol–water partition coefficient (Wildman–Crippen LogP) is 4.83. The Kier molecular flexibility index (Phi) is 7.58. The third-order valence-corrected chi connectivity index (χ3v) is 6.40. The quantitative estimate of drug-likeness (QED) is 0.662. The summed E-state index contributed by atoms with van der Waals surface area (Å²) >= 11 is 1.42. The fraction of sp³-hybridized carbons (Fsp3) is 0.391. The minimum atomic E-state index is -0.189. The summed E-state index contributed by atoms with van der Waals surface area (Å²) in [4.78, 5) is 28.1. The molecule has 0 bridgehead atoms. The van der Waals surface area contributed by atoms with Gasteiger partial charge < -0.3 is 15.0 Å². The molecule has 0 aromatic heterocycles. The number of methoxy groups -OCH3 is 1. The van der Waals surface area contributed by atoms with Gasteiger partial charge in [0.1, 0.15) is 5.75 Å². The molecule has 0 aliphatic heterocycles. The molecule has 1 aliphatic rings. The summed E-state index contributed by atoms with van der Waals surface area (Å²) in [6.07, 6.45) is 5.85. The van der Waals surface area contributed by atoms with Crippen molar-refractivity contribution in [2.45, 2.75) is 43.0 Å². The smallest absolute Gasteiger partial charge is 0.256 e. The minimum absolute atomic E-state index is 0.118. The summed E-state index contributed by atoms with van der Waals surface area (Å²) in [6, 6.07) is 15.0. The van der Waals surface area contributed by atoms with E-state index in [4.69, 9.17) is 4.74 Å². The topological polar surface area (TPSA) is 58.6 Å². The van der Waals surface area contributed by atoms with Crippen molar-refractivity contribution in [3.8, 4) is 5.75 Å². The standard InChI is InChI=1S/C23H28N2O3S/c1-25(18-8-4-3-5-9-18)22(26)16-29-21-11-7-6-10-20(21)23(27)24-17-12-14-19(28-2)15-13-17/h6-7,10-15,18H,3-5,8-9,16H2,1-2H3,(H,24,27). The van der Waals surface area contributed by atoms with Crippen molar-refractivity contribution in [3.05, 3.63) is 54.1 Å². The van der Waals surface area contributed by atoms with Crippen molar-refractivity contribution in [1.82, 2.24) is 4.90 Å². The lowest BCUT2D eigenvalue weighted by Crippen LogP contribution is -2.39. The number of anilines is 1. The van der Waals surface area contributed by atoms with Crippen LogP contribution in [-0.4, -0.2) is 42.7 Å². The SMILES string of the molecule is COc1ccc(NC(=O)c2ccccc2SCC(=O)N(C)C2CCCCC2)cc1. The third kappa shape index (κ3) is 5.76. The molecular formula is C23H28N2O3S. The van der Waals surface area contributed by atoms with Gasteiger partial charge in [0.05, 0.1) is 18.4 Å². The molecule has 0 saturated heterocycles. The van der Waals surface area contributed by atoms with E-state index in [-0.39, 0.29) is 11.8 Å². The van der Waals surface area contributed by atoms with E-state index in [1.165, 1.54) is 31.0 Å². The van der Waals surface area contributed by atoms with Gasteiger partial charge in [-0.2, -0.15) is 0 Å². The molecule has 0 atom stereocenters. The first kappa shape index (κ1) is 21.2. The molecule has 1 N–H and O–H groups in total. The van der Waals surface area contributed by atoms with Crippen LogP contribution >= 0.6 is 11.8 Å². The maximum Gasteiger partial charge on any atom is 0.256 e. The molecule has 0 radical (unpaired) electrons. The Morgan fingerprint density at radius 1 is 1.07 bits per heavy atom. The van der Waals surface area contributed by atoms with Crippen LogP contribution in [0.1, 0.15) is 42.5 Å². The number of carbonyl (C=O) groups excluding carboxylic acids is 2. The average molecular weight is 413 g/mol. The van der Waals surface area contributed by atoms with Gasteiger partial charge in [0, 0.05) is 23.7 Å². The molecule has 2 amide bonds. The van der Waals surface area contributed by atoms with Gasteiger partial charge in [0.15, 0.2) is 0 Å². The Morgan fingerprint density at radius 2 is 1.76 bits per heavy atom. The van der Waals surface area contributed by atoms with Gasteiger partial charge in [-0.05, 0) is 49.2 Å². The van der Waals surface area contributed by atoms with Crippen molar-refractivity contribution in [2.75, 3.05) is 25.2 Å². The average Bonchev–Trinajstić information content (AvgIpc) is 2.78. The first-order chi connectivity index (χ1) is 14.1. The Bertz CT molecular complexity index is 832. The molecule has 5 nitrogen and oxygen atoms in total. The van der Waals surface area contributed by atoms with E-state index in [2.05, 4.69) is 5.32 Å². The molecule has 29 heavy (non-hydrogen) atoms. The Balaban J connectivity index is 1.61. The van der Waals surface area contributed by atoms with Crippen LogP contribution in [0.15, 0.2) is 53.4 Å². The monoisotopic (exact) mass is 412 g/mol. The number of nitrogens with one attached hydrogen (secondary N) is 1. The Hall–Kier alpha value is -2.47. The van der Waals surface area contributed by atoms with Crippen molar-refractivity contribution in [1.29, 1.82) is 0 Å². The van der Waals surface area contributed by atoms with Crippen LogP contribution in [0, 0.1) is 0 Å². The normalized spacial score (nSPS) is 14.3.